The minimum Gasteiger partial charge on any atom is -0.209 e. The Labute approximate surface area is 103 Å². The van der Waals surface area contributed by atoms with Gasteiger partial charge in [0.05, 0.1) is 0 Å². The van der Waals surface area contributed by atoms with Crippen molar-refractivity contribution in [3.05, 3.63) is 36.0 Å². The first-order valence-corrected chi connectivity index (χ1v) is 6.45. The predicted molar refractivity (Wildman–Crippen MR) is 68.9 cm³/mol. The van der Waals surface area contributed by atoms with E-state index in [2.05, 4.69) is 13.5 Å². The Morgan fingerprint density at radius 3 is 2.24 bits per heavy atom. The predicted octanol–water partition coefficient (Wildman–Crippen LogP) is 5.49. The molecule has 0 saturated heterocycles. The van der Waals surface area contributed by atoms with E-state index in [9.17, 15) is 8.78 Å². The highest BCUT2D eigenvalue weighted by Crippen LogP contribution is 2.38. The van der Waals surface area contributed by atoms with Gasteiger partial charge < -0.3 is 0 Å². The fourth-order valence-corrected chi connectivity index (χ4v) is 2.60. The molecule has 2 heteroatoms. The van der Waals surface area contributed by atoms with Crippen LogP contribution in [0.3, 0.4) is 0 Å². The Balaban J connectivity index is 2.78. The third-order valence-corrected chi connectivity index (χ3v) is 3.72. The SMILES string of the molecule is C=C/C=C(\C(F)=C(/C)F)C1CCC(CC)CC1. The summed E-state index contributed by atoms with van der Waals surface area (Å²) in [6.45, 7) is 6.94. The minimum atomic E-state index is -0.726. The quantitative estimate of drug-likeness (QED) is 0.570. The van der Waals surface area contributed by atoms with E-state index in [0.29, 0.717) is 5.57 Å². The van der Waals surface area contributed by atoms with Gasteiger partial charge in [-0.25, -0.2) is 8.78 Å². The average molecular weight is 240 g/mol. The maximum Gasteiger partial charge on any atom is 0.157 e. The number of rotatable bonds is 4. The molecule has 96 valence electrons. The van der Waals surface area contributed by atoms with Gasteiger partial charge in [0, 0.05) is 0 Å². The highest BCUT2D eigenvalue weighted by Gasteiger charge is 2.25. The lowest BCUT2D eigenvalue weighted by Gasteiger charge is -2.29. The second-order valence-electron chi connectivity index (χ2n) is 4.83. The van der Waals surface area contributed by atoms with Crippen molar-refractivity contribution in [3.63, 3.8) is 0 Å². The van der Waals surface area contributed by atoms with Gasteiger partial charge in [-0.15, -0.1) is 0 Å². The second-order valence-corrected chi connectivity index (χ2v) is 4.83. The van der Waals surface area contributed by atoms with Crippen molar-refractivity contribution in [2.24, 2.45) is 11.8 Å². The number of allylic oxidation sites excluding steroid dienone is 5. The van der Waals surface area contributed by atoms with Crippen molar-refractivity contribution in [1.29, 1.82) is 0 Å². The molecule has 0 nitrogen and oxygen atoms in total. The fourth-order valence-electron chi connectivity index (χ4n) is 2.60. The summed E-state index contributed by atoms with van der Waals surface area (Å²) in [6, 6.07) is 0. The Kier molecular flexibility index (Phi) is 5.60. The zero-order chi connectivity index (χ0) is 12.8. The lowest BCUT2D eigenvalue weighted by molar-refractivity contribution is 0.291. The van der Waals surface area contributed by atoms with E-state index in [1.165, 1.54) is 13.3 Å². The molecule has 1 aliphatic carbocycles. The molecule has 1 saturated carbocycles. The lowest BCUT2D eigenvalue weighted by atomic mass is 9.77. The summed E-state index contributed by atoms with van der Waals surface area (Å²) in [6.07, 6.45) is 8.51. The molecule has 1 fully saturated rings. The summed E-state index contributed by atoms with van der Waals surface area (Å²) >= 11 is 0. The van der Waals surface area contributed by atoms with Crippen molar-refractivity contribution >= 4 is 0 Å². The van der Waals surface area contributed by atoms with Crippen LogP contribution in [0.15, 0.2) is 36.0 Å². The topological polar surface area (TPSA) is 0 Å². The molecule has 0 radical (unpaired) electrons. The van der Waals surface area contributed by atoms with Gasteiger partial charge in [0.1, 0.15) is 5.83 Å². The van der Waals surface area contributed by atoms with Gasteiger partial charge in [0.25, 0.3) is 0 Å². The summed E-state index contributed by atoms with van der Waals surface area (Å²) in [5, 5.41) is 0. The van der Waals surface area contributed by atoms with Gasteiger partial charge in [0.2, 0.25) is 0 Å². The molecule has 0 unspecified atom stereocenters. The van der Waals surface area contributed by atoms with Crippen LogP contribution in [0.1, 0.15) is 46.0 Å². The molecule has 1 aliphatic rings. The van der Waals surface area contributed by atoms with Gasteiger partial charge in [0.15, 0.2) is 5.83 Å². The van der Waals surface area contributed by atoms with Crippen LogP contribution < -0.4 is 0 Å². The van der Waals surface area contributed by atoms with Gasteiger partial charge >= 0.3 is 0 Å². The summed E-state index contributed by atoms with van der Waals surface area (Å²) in [7, 11) is 0. The molecule has 0 spiro atoms. The Morgan fingerprint density at radius 1 is 1.24 bits per heavy atom. The highest BCUT2D eigenvalue weighted by atomic mass is 19.2. The zero-order valence-electron chi connectivity index (χ0n) is 10.8. The maximum absolute atomic E-state index is 13.7. The van der Waals surface area contributed by atoms with E-state index >= 15 is 0 Å². The minimum absolute atomic E-state index is 0.154. The van der Waals surface area contributed by atoms with E-state index in [0.717, 1.165) is 31.6 Å². The van der Waals surface area contributed by atoms with Crippen molar-refractivity contribution in [3.8, 4) is 0 Å². The Bertz CT molecular complexity index is 314. The lowest BCUT2D eigenvalue weighted by Crippen LogP contribution is -2.16. The average Bonchev–Trinajstić information content (AvgIpc) is 2.35. The van der Waals surface area contributed by atoms with Crippen molar-refractivity contribution in [2.45, 2.75) is 46.0 Å². The van der Waals surface area contributed by atoms with Crippen molar-refractivity contribution < 1.29 is 8.78 Å². The maximum atomic E-state index is 13.7. The summed E-state index contributed by atoms with van der Waals surface area (Å²) in [5.41, 5.74) is 0.495. The molecule has 0 heterocycles. The van der Waals surface area contributed by atoms with E-state index in [4.69, 9.17) is 0 Å². The van der Waals surface area contributed by atoms with Crippen LogP contribution in [0.4, 0.5) is 8.78 Å². The molecular weight excluding hydrogens is 218 g/mol. The van der Waals surface area contributed by atoms with Gasteiger partial charge in [-0.3, -0.25) is 0 Å². The van der Waals surface area contributed by atoms with Gasteiger partial charge in [-0.05, 0) is 50.0 Å². The molecule has 0 N–H and O–H groups in total. The van der Waals surface area contributed by atoms with Gasteiger partial charge in [-0.2, -0.15) is 0 Å². The molecule has 0 atom stereocenters. The molecule has 0 aromatic heterocycles. The molecule has 0 aromatic carbocycles. The summed E-state index contributed by atoms with van der Waals surface area (Å²) in [5.74, 6) is -0.503. The molecule has 17 heavy (non-hydrogen) atoms. The van der Waals surface area contributed by atoms with E-state index in [1.807, 2.05) is 0 Å². The molecule has 0 aromatic rings. The van der Waals surface area contributed by atoms with Crippen LogP contribution >= 0.6 is 0 Å². The van der Waals surface area contributed by atoms with Crippen molar-refractivity contribution in [1.82, 2.24) is 0 Å². The first-order chi connectivity index (χ1) is 8.10. The van der Waals surface area contributed by atoms with Gasteiger partial charge in [-0.1, -0.05) is 32.1 Å². The standard InChI is InChI=1S/C15H22F2/c1-4-6-14(15(17)11(3)16)13-9-7-12(5-2)8-10-13/h4,6,12-13H,1,5,7-10H2,2-3H3/b14-6-,15-11-. The van der Waals surface area contributed by atoms with Crippen LogP contribution in [0, 0.1) is 11.8 Å². The van der Waals surface area contributed by atoms with Crippen LogP contribution in [0.2, 0.25) is 0 Å². The van der Waals surface area contributed by atoms with Crippen molar-refractivity contribution in [2.75, 3.05) is 0 Å². The molecule has 0 aliphatic heterocycles. The van der Waals surface area contributed by atoms with E-state index in [1.54, 1.807) is 12.2 Å². The summed E-state index contributed by atoms with van der Waals surface area (Å²) < 4.78 is 26.7. The Morgan fingerprint density at radius 2 is 1.82 bits per heavy atom. The second kappa shape index (κ2) is 6.73. The number of hydrogen-bond acceptors (Lipinski definition) is 0. The van der Waals surface area contributed by atoms with Crippen LogP contribution in [-0.2, 0) is 0 Å². The summed E-state index contributed by atoms with van der Waals surface area (Å²) in [4.78, 5) is 0. The molecular formula is C15H22F2. The molecule has 0 amide bonds. The highest BCUT2D eigenvalue weighted by molar-refractivity contribution is 5.32. The van der Waals surface area contributed by atoms with E-state index in [-0.39, 0.29) is 5.92 Å². The van der Waals surface area contributed by atoms with E-state index < -0.39 is 11.7 Å². The zero-order valence-corrected chi connectivity index (χ0v) is 10.8. The number of halogens is 2. The first kappa shape index (κ1) is 14.1. The smallest absolute Gasteiger partial charge is 0.157 e. The largest absolute Gasteiger partial charge is 0.209 e. The monoisotopic (exact) mass is 240 g/mol. The molecule has 1 rings (SSSR count). The fraction of sp³-hybridized carbons (Fsp3) is 0.600. The van der Waals surface area contributed by atoms with Crippen LogP contribution in [0.25, 0.3) is 0 Å². The number of hydrogen-bond donors (Lipinski definition) is 0. The third-order valence-electron chi connectivity index (χ3n) is 3.72. The third kappa shape index (κ3) is 3.79. The first-order valence-electron chi connectivity index (χ1n) is 6.45. The van der Waals surface area contributed by atoms with Crippen LogP contribution in [-0.4, -0.2) is 0 Å². The van der Waals surface area contributed by atoms with Crippen LogP contribution in [0.5, 0.6) is 0 Å². The molecule has 0 bridgehead atoms. The normalized spacial score (nSPS) is 27.6. The Hall–Kier alpha value is -0.920.